The summed E-state index contributed by atoms with van der Waals surface area (Å²) >= 11 is 24.4. The fourth-order valence-corrected chi connectivity index (χ4v) is 2.93. The normalized spacial score (nSPS) is 11.0. The van der Waals surface area contributed by atoms with Gasteiger partial charge in [0.15, 0.2) is 16.6 Å². The van der Waals surface area contributed by atoms with Gasteiger partial charge in [-0.25, -0.2) is 9.36 Å². The molecular weight excluding hydrogens is 400 g/mol. The number of carbonyl (C=O) groups excluding carboxylic acids is 1. The van der Waals surface area contributed by atoms with Gasteiger partial charge in [-0.3, -0.25) is 0 Å². The Labute approximate surface area is 155 Å². The molecule has 2 aliphatic heterocycles. The fourth-order valence-electron chi connectivity index (χ4n) is 2.03. The summed E-state index contributed by atoms with van der Waals surface area (Å²) in [5.41, 5.74) is 0.484. The maximum atomic E-state index is 12.1. The highest BCUT2D eigenvalue weighted by Crippen LogP contribution is 2.42. The molecule has 1 aromatic rings. The summed E-state index contributed by atoms with van der Waals surface area (Å²) in [6, 6.07) is 4.88. The van der Waals surface area contributed by atoms with E-state index in [4.69, 9.17) is 60.0 Å². The molecule has 126 valence electrons. The molecule has 5 nitrogen and oxygen atoms in total. The SMILES string of the molecule is CCOC(=O)n1ccccc2oc3c(Cl)c(Cl)c(Cl)c(Cl)c3oc1=2. The zero-order valence-electron chi connectivity index (χ0n) is 12.1. The van der Waals surface area contributed by atoms with E-state index < -0.39 is 6.09 Å². The molecule has 0 fully saturated rings. The van der Waals surface area contributed by atoms with E-state index in [0.717, 1.165) is 4.57 Å². The Morgan fingerprint density at radius 3 is 2.29 bits per heavy atom. The first kappa shape index (κ1) is 17.3. The summed E-state index contributed by atoms with van der Waals surface area (Å²) in [6.07, 6.45) is 0.831. The minimum Gasteiger partial charge on any atom is -0.449 e. The largest absolute Gasteiger partial charge is 0.449 e. The molecule has 0 radical (unpaired) electrons. The first-order chi connectivity index (χ1) is 11.5. The number of hydrogen-bond acceptors (Lipinski definition) is 4. The van der Waals surface area contributed by atoms with Gasteiger partial charge in [0.25, 0.3) is 5.55 Å². The van der Waals surface area contributed by atoms with E-state index in [9.17, 15) is 4.79 Å². The summed E-state index contributed by atoms with van der Waals surface area (Å²) in [5, 5.41) is 0.152. The predicted molar refractivity (Wildman–Crippen MR) is 91.9 cm³/mol. The van der Waals surface area contributed by atoms with Crippen LogP contribution in [0.1, 0.15) is 6.92 Å². The van der Waals surface area contributed by atoms with E-state index in [0.29, 0.717) is 0 Å². The predicted octanol–water partition coefficient (Wildman–Crippen LogP) is 6.29. The van der Waals surface area contributed by atoms with Crippen LogP contribution in [0.4, 0.5) is 4.79 Å². The van der Waals surface area contributed by atoms with E-state index in [1.165, 1.54) is 6.20 Å². The van der Waals surface area contributed by atoms with Crippen LogP contribution in [-0.4, -0.2) is 17.3 Å². The molecule has 0 amide bonds. The van der Waals surface area contributed by atoms with E-state index in [2.05, 4.69) is 0 Å². The van der Waals surface area contributed by atoms with Crippen molar-refractivity contribution in [3.05, 3.63) is 55.4 Å². The third-order valence-electron chi connectivity index (χ3n) is 3.08. The third-order valence-corrected chi connectivity index (χ3v) is 4.85. The van der Waals surface area contributed by atoms with Gasteiger partial charge in [-0.2, -0.15) is 0 Å². The lowest BCUT2D eigenvalue weighted by Crippen LogP contribution is -2.14. The van der Waals surface area contributed by atoms with Gasteiger partial charge in [0.2, 0.25) is 0 Å². The lowest BCUT2D eigenvalue weighted by atomic mass is 10.3. The molecule has 0 N–H and O–H groups in total. The maximum absolute atomic E-state index is 12.1. The molecule has 0 aliphatic carbocycles. The summed E-state index contributed by atoms with van der Waals surface area (Å²) < 4.78 is 17.7. The van der Waals surface area contributed by atoms with Crippen molar-refractivity contribution in [2.24, 2.45) is 0 Å². The van der Waals surface area contributed by atoms with Crippen molar-refractivity contribution in [3.8, 4) is 0 Å². The smallest absolute Gasteiger partial charge is 0.420 e. The number of nitrogens with zero attached hydrogens (tertiary/aromatic N) is 1. The highest BCUT2D eigenvalue weighted by molar-refractivity contribution is 6.54. The Morgan fingerprint density at radius 2 is 1.67 bits per heavy atom. The number of benzene rings is 1. The van der Waals surface area contributed by atoms with Gasteiger partial charge < -0.3 is 13.6 Å². The summed E-state index contributed by atoms with van der Waals surface area (Å²) in [5.74, 6) is 0. The lowest BCUT2D eigenvalue weighted by molar-refractivity contribution is 0.150. The number of carbonyl (C=O) groups is 1. The summed E-state index contributed by atoms with van der Waals surface area (Å²) in [4.78, 5) is 12.1. The third kappa shape index (κ3) is 2.82. The number of aromatic nitrogens is 1. The Balaban J connectivity index is 2.52. The van der Waals surface area contributed by atoms with Crippen molar-refractivity contribution in [3.63, 3.8) is 0 Å². The first-order valence-electron chi connectivity index (χ1n) is 6.72. The van der Waals surface area contributed by atoms with Crippen LogP contribution in [0.25, 0.3) is 11.2 Å². The van der Waals surface area contributed by atoms with Gasteiger partial charge in [0, 0.05) is 6.20 Å². The van der Waals surface area contributed by atoms with E-state index >= 15 is 0 Å². The van der Waals surface area contributed by atoms with E-state index in [-0.39, 0.29) is 48.8 Å². The van der Waals surface area contributed by atoms with Gasteiger partial charge in [-0.15, -0.1) is 0 Å². The number of halogens is 4. The van der Waals surface area contributed by atoms with Crippen molar-refractivity contribution in [2.45, 2.75) is 6.92 Å². The molecule has 0 aromatic heterocycles. The molecule has 24 heavy (non-hydrogen) atoms. The Kier molecular flexibility index (Phi) is 4.88. The molecule has 2 aliphatic rings. The van der Waals surface area contributed by atoms with Crippen LogP contribution in [0.2, 0.25) is 20.1 Å². The standard InChI is InChI=1S/C15H9Cl4NO4/c1-2-22-15(21)20-6-4-3-5-7-14(20)24-13-11(19)9(17)8(16)10(18)12(13)23-7/h3-6H,2H2,1H3. The molecule has 3 rings (SSSR count). The van der Waals surface area contributed by atoms with Crippen LogP contribution in [0, 0.1) is 11.0 Å². The van der Waals surface area contributed by atoms with Gasteiger partial charge in [-0.1, -0.05) is 52.5 Å². The average molecular weight is 409 g/mol. The quantitative estimate of drug-likeness (QED) is 0.350. The molecule has 0 saturated carbocycles. The zero-order valence-corrected chi connectivity index (χ0v) is 15.1. The Hall–Kier alpha value is -1.53. The number of ether oxygens (including phenoxy) is 1. The lowest BCUT2D eigenvalue weighted by Gasteiger charge is -2.08. The van der Waals surface area contributed by atoms with Crippen LogP contribution in [-0.2, 0) is 4.74 Å². The van der Waals surface area contributed by atoms with Crippen LogP contribution >= 0.6 is 46.4 Å². The maximum Gasteiger partial charge on any atom is 0.420 e. The average Bonchev–Trinajstić information content (AvgIpc) is 2.79. The number of fused-ring (bicyclic) bond motifs is 1. The summed E-state index contributed by atoms with van der Waals surface area (Å²) in [7, 11) is 0. The number of rotatable bonds is 1. The van der Waals surface area contributed by atoms with Crippen molar-refractivity contribution in [1.82, 2.24) is 4.57 Å². The monoisotopic (exact) mass is 407 g/mol. The number of hydrogen-bond donors (Lipinski definition) is 0. The second kappa shape index (κ2) is 6.76. The van der Waals surface area contributed by atoms with Gasteiger partial charge in [-0.05, 0) is 19.1 Å². The molecule has 0 spiro atoms. The molecule has 0 unspecified atom stereocenters. The van der Waals surface area contributed by atoms with Crippen molar-refractivity contribution in [1.29, 1.82) is 0 Å². The van der Waals surface area contributed by atoms with E-state index in [1.807, 2.05) is 0 Å². The van der Waals surface area contributed by atoms with Crippen molar-refractivity contribution < 1.29 is 18.4 Å². The van der Waals surface area contributed by atoms with Crippen molar-refractivity contribution >= 4 is 63.7 Å². The first-order valence-corrected chi connectivity index (χ1v) is 8.23. The molecule has 1 aromatic carbocycles. The van der Waals surface area contributed by atoms with Crippen LogP contribution in [0.15, 0.2) is 33.2 Å². The molecule has 0 saturated heterocycles. The highest BCUT2D eigenvalue weighted by atomic mass is 35.5. The Morgan fingerprint density at radius 1 is 1.04 bits per heavy atom. The van der Waals surface area contributed by atoms with Crippen LogP contribution in [0.3, 0.4) is 0 Å². The van der Waals surface area contributed by atoms with Gasteiger partial charge >= 0.3 is 6.09 Å². The van der Waals surface area contributed by atoms with E-state index in [1.54, 1.807) is 25.1 Å². The second-order valence-electron chi connectivity index (χ2n) is 4.56. The molecule has 0 atom stereocenters. The molecule has 9 heteroatoms. The van der Waals surface area contributed by atoms with Crippen LogP contribution in [0.5, 0.6) is 0 Å². The fraction of sp³-hybridized carbons (Fsp3) is 0.133. The zero-order chi connectivity index (χ0) is 17.4. The Bertz CT molecular complexity index is 1050. The topological polar surface area (TPSA) is 57.5 Å². The van der Waals surface area contributed by atoms with Gasteiger partial charge in [0.05, 0.1) is 16.7 Å². The minimum atomic E-state index is -0.640. The van der Waals surface area contributed by atoms with Crippen LogP contribution < -0.4 is 0 Å². The summed E-state index contributed by atoms with van der Waals surface area (Å²) in [6.45, 7) is 1.89. The molecular formula is C15H9Cl4NO4. The highest BCUT2D eigenvalue weighted by Gasteiger charge is 2.20. The minimum absolute atomic E-state index is 0.0219. The molecule has 0 bridgehead atoms. The van der Waals surface area contributed by atoms with Gasteiger partial charge in [0.1, 0.15) is 10.0 Å². The molecule has 2 heterocycles. The van der Waals surface area contributed by atoms with Crippen molar-refractivity contribution in [2.75, 3.05) is 6.61 Å². The second-order valence-corrected chi connectivity index (χ2v) is 6.07.